The van der Waals surface area contributed by atoms with Crippen molar-refractivity contribution in [1.82, 2.24) is 4.90 Å². The van der Waals surface area contributed by atoms with Crippen LogP contribution in [0.15, 0.2) is 24.3 Å². The van der Waals surface area contributed by atoms with Gasteiger partial charge in [-0.1, -0.05) is 12.1 Å². The maximum Gasteiger partial charge on any atom is 0.248 e. The summed E-state index contributed by atoms with van der Waals surface area (Å²) in [6.07, 6.45) is 7.38. The van der Waals surface area contributed by atoms with E-state index in [9.17, 15) is 4.79 Å². The van der Waals surface area contributed by atoms with Crippen LogP contribution in [0.5, 0.6) is 0 Å². The van der Waals surface area contributed by atoms with Crippen LogP contribution < -0.4 is 5.73 Å². The molecule has 1 aliphatic heterocycles. The van der Waals surface area contributed by atoms with E-state index in [1.54, 1.807) is 0 Å². The van der Waals surface area contributed by atoms with E-state index >= 15 is 0 Å². The van der Waals surface area contributed by atoms with Crippen LogP contribution >= 0.6 is 0 Å². The number of hydrogen-bond donors (Lipinski definition) is 1. The minimum Gasteiger partial charge on any atom is -0.378 e. The molecule has 26 heavy (non-hydrogen) atoms. The number of fused-ring (bicyclic) bond motifs is 1. The molecule has 0 radical (unpaired) electrons. The summed E-state index contributed by atoms with van der Waals surface area (Å²) in [5, 5.41) is 0. The molecule has 3 atom stereocenters. The number of likely N-dealkylation sites (tertiary alicyclic amines) is 1. The van der Waals surface area contributed by atoms with Gasteiger partial charge in [0.15, 0.2) is 0 Å². The zero-order chi connectivity index (χ0) is 18.1. The topological polar surface area (TPSA) is 64.8 Å². The summed E-state index contributed by atoms with van der Waals surface area (Å²) in [6, 6.07) is 8.06. The number of hydrogen-bond acceptors (Lipinski definition) is 4. The van der Waals surface area contributed by atoms with Gasteiger partial charge in [-0.2, -0.15) is 0 Å². The van der Waals surface area contributed by atoms with E-state index in [0.717, 1.165) is 51.3 Å². The van der Waals surface area contributed by atoms with Gasteiger partial charge in [0.2, 0.25) is 5.91 Å². The van der Waals surface area contributed by atoms with Crippen molar-refractivity contribution in [3.05, 3.63) is 35.4 Å². The van der Waals surface area contributed by atoms with E-state index in [0.29, 0.717) is 17.7 Å². The molecule has 142 valence electrons. The van der Waals surface area contributed by atoms with Gasteiger partial charge in [0, 0.05) is 38.4 Å². The first-order valence-corrected chi connectivity index (χ1v) is 9.89. The highest BCUT2D eigenvalue weighted by molar-refractivity contribution is 5.92. The van der Waals surface area contributed by atoms with Gasteiger partial charge in [-0.05, 0) is 62.1 Å². The van der Waals surface area contributed by atoms with Crippen molar-refractivity contribution in [2.45, 2.75) is 62.8 Å². The molecule has 2 N–H and O–H groups in total. The molecular formula is C21H30N2O3. The lowest BCUT2D eigenvalue weighted by Gasteiger charge is -2.43. The maximum absolute atomic E-state index is 11.3. The zero-order valence-corrected chi connectivity index (χ0v) is 15.7. The van der Waals surface area contributed by atoms with Gasteiger partial charge in [0.25, 0.3) is 0 Å². The van der Waals surface area contributed by atoms with Gasteiger partial charge in [-0.25, -0.2) is 0 Å². The summed E-state index contributed by atoms with van der Waals surface area (Å²) in [7, 11) is 1.86. The number of nitrogens with zero attached hydrogens (tertiary/aromatic N) is 1. The summed E-state index contributed by atoms with van der Waals surface area (Å²) in [4.78, 5) is 13.8. The third kappa shape index (κ3) is 3.66. The Morgan fingerprint density at radius 1 is 1.23 bits per heavy atom. The number of nitrogens with two attached hydrogens (primary N) is 1. The molecule has 0 spiro atoms. The van der Waals surface area contributed by atoms with Crippen molar-refractivity contribution in [3.63, 3.8) is 0 Å². The Morgan fingerprint density at radius 3 is 2.65 bits per heavy atom. The van der Waals surface area contributed by atoms with Crippen LogP contribution in [0, 0.1) is 5.92 Å². The second-order valence-electron chi connectivity index (χ2n) is 8.24. The number of benzene rings is 1. The molecule has 3 fully saturated rings. The number of carbonyl (C=O) groups is 1. The molecule has 5 nitrogen and oxygen atoms in total. The predicted molar refractivity (Wildman–Crippen MR) is 99.8 cm³/mol. The monoisotopic (exact) mass is 358 g/mol. The molecule has 0 aromatic heterocycles. The first-order chi connectivity index (χ1) is 12.6. The van der Waals surface area contributed by atoms with Gasteiger partial charge in [0.1, 0.15) is 0 Å². The SMILES string of the molecule is CO[C@@]12CC[C@@H](OCC3CC3)C[C@@H]1N(Cc1ccc(C(N)=O)cc1)CC2. The standard InChI is InChI=1S/C21H30N2O3/c1-25-21-9-8-18(26-14-16-2-3-16)12-19(21)23(11-10-21)13-15-4-6-17(7-5-15)20(22)24/h4-7,16,18-19H,2-3,8-14H2,1H3,(H2,22,24)/t18-,19+,21-/m1/s1. The second-order valence-corrected chi connectivity index (χ2v) is 8.24. The van der Waals surface area contributed by atoms with Crippen LogP contribution in [0.1, 0.15) is 54.4 Å². The number of ether oxygens (including phenoxy) is 2. The molecule has 1 amide bonds. The Kier molecular flexibility index (Phi) is 5.04. The summed E-state index contributed by atoms with van der Waals surface area (Å²) in [5.74, 6) is 0.437. The van der Waals surface area contributed by atoms with E-state index in [1.165, 1.54) is 18.4 Å². The Hall–Kier alpha value is -1.43. The lowest BCUT2D eigenvalue weighted by atomic mass is 9.79. The third-order valence-corrected chi connectivity index (χ3v) is 6.54. The average molecular weight is 358 g/mol. The van der Waals surface area contributed by atoms with Crippen molar-refractivity contribution >= 4 is 5.91 Å². The van der Waals surface area contributed by atoms with Gasteiger partial charge >= 0.3 is 0 Å². The average Bonchev–Trinajstić information content (AvgIpc) is 3.42. The van der Waals surface area contributed by atoms with E-state index in [4.69, 9.17) is 15.2 Å². The highest BCUT2D eigenvalue weighted by atomic mass is 16.5. The molecular weight excluding hydrogens is 328 g/mol. The molecule has 1 heterocycles. The Morgan fingerprint density at radius 2 is 2.00 bits per heavy atom. The molecule has 2 aliphatic carbocycles. The molecule has 1 saturated heterocycles. The van der Waals surface area contributed by atoms with Gasteiger partial charge in [0.05, 0.1) is 11.7 Å². The Bertz CT molecular complexity index is 643. The van der Waals surface area contributed by atoms with Crippen molar-refractivity contribution in [1.29, 1.82) is 0 Å². The number of amides is 1. The molecule has 1 aromatic rings. The molecule has 2 saturated carbocycles. The smallest absolute Gasteiger partial charge is 0.248 e. The van der Waals surface area contributed by atoms with Crippen molar-refractivity contribution in [2.24, 2.45) is 11.7 Å². The molecule has 5 heteroatoms. The number of carbonyl (C=O) groups excluding carboxylic acids is 1. The van der Waals surface area contributed by atoms with Crippen LogP contribution in [-0.4, -0.2) is 48.8 Å². The molecule has 3 aliphatic rings. The fourth-order valence-electron chi connectivity index (χ4n) is 4.66. The van der Waals surface area contributed by atoms with Crippen molar-refractivity contribution in [3.8, 4) is 0 Å². The van der Waals surface area contributed by atoms with Crippen LogP contribution in [-0.2, 0) is 16.0 Å². The minimum absolute atomic E-state index is 0.0212. The van der Waals surface area contributed by atoms with E-state index < -0.39 is 0 Å². The number of primary amides is 1. The number of rotatable bonds is 7. The fourth-order valence-corrected chi connectivity index (χ4v) is 4.66. The largest absolute Gasteiger partial charge is 0.378 e. The van der Waals surface area contributed by atoms with Crippen LogP contribution in [0.25, 0.3) is 0 Å². The van der Waals surface area contributed by atoms with E-state index in [2.05, 4.69) is 4.90 Å². The molecule has 4 rings (SSSR count). The van der Waals surface area contributed by atoms with Crippen molar-refractivity contribution < 1.29 is 14.3 Å². The Balaban J connectivity index is 1.42. The third-order valence-electron chi connectivity index (χ3n) is 6.54. The Labute approximate surface area is 155 Å². The quantitative estimate of drug-likeness (QED) is 0.814. The van der Waals surface area contributed by atoms with E-state index in [1.807, 2.05) is 31.4 Å². The summed E-state index contributed by atoms with van der Waals surface area (Å²) >= 11 is 0. The normalized spacial score (nSPS) is 31.7. The molecule has 0 unspecified atom stereocenters. The van der Waals surface area contributed by atoms with E-state index in [-0.39, 0.29) is 11.5 Å². The van der Waals surface area contributed by atoms with Crippen LogP contribution in [0.3, 0.4) is 0 Å². The van der Waals surface area contributed by atoms with Gasteiger partial charge in [-0.15, -0.1) is 0 Å². The molecule has 0 bridgehead atoms. The number of methoxy groups -OCH3 is 1. The highest BCUT2D eigenvalue weighted by Gasteiger charge is 2.51. The van der Waals surface area contributed by atoms with Crippen LogP contribution in [0.4, 0.5) is 0 Å². The van der Waals surface area contributed by atoms with Gasteiger partial charge in [-0.3, -0.25) is 9.69 Å². The first-order valence-electron chi connectivity index (χ1n) is 9.89. The molecule has 1 aromatic carbocycles. The minimum atomic E-state index is -0.376. The van der Waals surface area contributed by atoms with Crippen LogP contribution in [0.2, 0.25) is 0 Å². The summed E-state index contributed by atoms with van der Waals surface area (Å²) in [6.45, 7) is 2.86. The summed E-state index contributed by atoms with van der Waals surface area (Å²) in [5.41, 5.74) is 7.09. The lowest BCUT2D eigenvalue weighted by molar-refractivity contribution is -0.103. The maximum atomic E-state index is 11.3. The second kappa shape index (κ2) is 7.29. The lowest BCUT2D eigenvalue weighted by Crippen LogP contribution is -2.51. The zero-order valence-electron chi connectivity index (χ0n) is 15.7. The fraction of sp³-hybridized carbons (Fsp3) is 0.667. The van der Waals surface area contributed by atoms with Gasteiger partial charge < -0.3 is 15.2 Å². The van der Waals surface area contributed by atoms with Crippen molar-refractivity contribution in [2.75, 3.05) is 20.3 Å². The first kappa shape index (κ1) is 18.0. The summed E-state index contributed by atoms with van der Waals surface area (Å²) < 4.78 is 12.3. The highest BCUT2D eigenvalue weighted by Crippen LogP contribution is 2.44. The predicted octanol–water partition coefficient (Wildman–Crippen LogP) is 2.72.